The number of benzene rings is 2. The topological polar surface area (TPSA) is 93.9 Å². The molecule has 0 atom stereocenters. The Balaban J connectivity index is 1.96. The van der Waals surface area contributed by atoms with E-state index in [9.17, 15) is 9.90 Å². The zero-order valence-electron chi connectivity index (χ0n) is 14.7. The number of carbonyl (C=O) groups excluding carboxylic acids is 1. The van der Waals surface area contributed by atoms with E-state index in [2.05, 4.69) is 4.98 Å². The molecule has 0 spiro atoms. The van der Waals surface area contributed by atoms with Gasteiger partial charge in [0.15, 0.2) is 5.58 Å². The van der Waals surface area contributed by atoms with Crippen molar-refractivity contribution in [2.75, 3.05) is 13.7 Å². The second-order valence-corrected chi connectivity index (χ2v) is 5.80. The quantitative estimate of drug-likeness (QED) is 0.502. The summed E-state index contributed by atoms with van der Waals surface area (Å²) in [6, 6.07) is 12.3. The molecule has 2 aromatic carbocycles. The number of rotatable bonds is 4. The van der Waals surface area contributed by atoms with Gasteiger partial charge in [-0.1, -0.05) is 12.1 Å². The summed E-state index contributed by atoms with van der Waals surface area (Å²) in [5, 5.41) is 11.3. The lowest BCUT2D eigenvalue weighted by atomic mass is 10.1. The number of hydrogen-bond acceptors (Lipinski definition) is 6. The van der Waals surface area contributed by atoms with E-state index in [1.807, 2.05) is 24.3 Å². The fourth-order valence-electron chi connectivity index (χ4n) is 3.03. The van der Waals surface area contributed by atoms with Crippen molar-refractivity contribution in [1.82, 2.24) is 4.98 Å². The predicted octanol–water partition coefficient (Wildman–Crippen LogP) is 4.83. The molecule has 2 N–H and O–H groups in total. The largest absolute Gasteiger partial charge is 0.515 e. The molecule has 4 aromatic rings. The molecular weight excluding hydrogens is 350 g/mol. The highest BCUT2D eigenvalue weighted by molar-refractivity contribution is 6.10. The molecule has 0 saturated carbocycles. The van der Waals surface area contributed by atoms with Gasteiger partial charge in [0.05, 0.1) is 24.8 Å². The van der Waals surface area contributed by atoms with Gasteiger partial charge in [0.2, 0.25) is 5.88 Å². The molecule has 7 heteroatoms. The van der Waals surface area contributed by atoms with E-state index in [0.717, 1.165) is 5.39 Å². The smallest absolute Gasteiger partial charge is 0.507 e. The summed E-state index contributed by atoms with van der Waals surface area (Å²) in [6.45, 7) is 1.87. The number of nitrogens with one attached hydrogen (secondary N) is 1. The third-order valence-corrected chi connectivity index (χ3v) is 4.21. The number of hydrogen-bond donors (Lipinski definition) is 2. The van der Waals surface area contributed by atoms with Gasteiger partial charge in [0, 0.05) is 17.0 Å². The average molecular weight is 367 g/mol. The van der Waals surface area contributed by atoms with E-state index < -0.39 is 6.16 Å². The number of fused-ring (bicyclic) bond motifs is 3. The molecule has 0 aliphatic carbocycles. The molecule has 0 fully saturated rings. The minimum atomic E-state index is -0.847. The zero-order chi connectivity index (χ0) is 19.0. The molecule has 0 radical (unpaired) electrons. The molecule has 138 valence electrons. The minimum Gasteiger partial charge on any atom is -0.507 e. The lowest BCUT2D eigenvalue weighted by Crippen LogP contribution is -2.10. The molecule has 0 aliphatic rings. The zero-order valence-corrected chi connectivity index (χ0v) is 14.7. The highest BCUT2D eigenvalue weighted by Crippen LogP contribution is 2.45. The number of H-pyrrole nitrogens is 1. The summed E-state index contributed by atoms with van der Waals surface area (Å²) in [4.78, 5) is 14.9. The third kappa shape index (κ3) is 2.83. The first kappa shape index (κ1) is 16.8. The van der Waals surface area contributed by atoms with Gasteiger partial charge in [-0.3, -0.25) is 0 Å². The fourth-order valence-corrected chi connectivity index (χ4v) is 3.03. The molecular formula is C20H17NO6. The second-order valence-electron chi connectivity index (χ2n) is 5.80. The Morgan fingerprint density at radius 2 is 2.04 bits per heavy atom. The number of methoxy groups -OCH3 is 1. The molecule has 0 bridgehead atoms. The summed E-state index contributed by atoms with van der Waals surface area (Å²) in [5.74, 6) is 0.596. The third-order valence-electron chi connectivity index (χ3n) is 4.21. The molecule has 0 aliphatic heterocycles. The van der Waals surface area contributed by atoms with Crippen LogP contribution in [0.3, 0.4) is 0 Å². The van der Waals surface area contributed by atoms with E-state index in [1.54, 1.807) is 19.1 Å². The predicted molar refractivity (Wildman–Crippen MR) is 99.4 cm³/mol. The van der Waals surface area contributed by atoms with Crippen LogP contribution in [0.4, 0.5) is 4.79 Å². The van der Waals surface area contributed by atoms with Crippen LogP contribution in [-0.4, -0.2) is 30.0 Å². The van der Waals surface area contributed by atoms with Gasteiger partial charge in [0.1, 0.15) is 17.1 Å². The Morgan fingerprint density at radius 3 is 2.78 bits per heavy atom. The Morgan fingerprint density at radius 1 is 1.22 bits per heavy atom. The van der Waals surface area contributed by atoms with Crippen LogP contribution >= 0.6 is 0 Å². The van der Waals surface area contributed by atoms with Crippen LogP contribution in [-0.2, 0) is 4.74 Å². The van der Waals surface area contributed by atoms with Gasteiger partial charge in [-0.25, -0.2) is 4.79 Å². The summed E-state index contributed by atoms with van der Waals surface area (Å²) in [6.07, 6.45) is -0.847. The Labute approximate surface area is 154 Å². The van der Waals surface area contributed by atoms with E-state index >= 15 is 0 Å². The van der Waals surface area contributed by atoms with E-state index in [4.69, 9.17) is 18.6 Å². The van der Waals surface area contributed by atoms with Gasteiger partial charge in [-0.2, -0.15) is 0 Å². The van der Waals surface area contributed by atoms with Crippen molar-refractivity contribution < 1.29 is 28.5 Å². The van der Waals surface area contributed by atoms with Crippen LogP contribution in [0.15, 0.2) is 46.9 Å². The van der Waals surface area contributed by atoms with Crippen LogP contribution < -0.4 is 9.47 Å². The van der Waals surface area contributed by atoms with Crippen molar-refractivity contribution in [3.63, 3.8) is 0 Å². The average Bonchev–Trinajstić information content (AvgIpc) is 3.17. The van der Waals surface area contributed by atoms with Gasteiger partial charge in [0.25, 0.3) is 0 Å². The Kier molecular flexibility index (Phi) is 4.12. The maximum absolute atomic E-state index is 11.9. The van der Waals surface area contributed by atoms with E-state index in [-0.39, 0.29) is 18.2 Å². The summed E-state index contributed by atoms with van der Waals surface area (Å²) in [7, 11) is 1.51. The summed E-state index contributed by atoms with van der Waals surface area (Å²) in [5.41, 5.74) is 2.66. The number of para-hydroxylation sites is 1. The maximum Gasteiger partial charge on any atom is 0.515 e. The van der Waals surface area contributed by atoms with Crippen molar-refractivity contribution in [1.29, 1.82) is 0 Å². The number of carbonyl (C=O) groups is 1. The number of ether oxygens (including phenoxy) is 3. The number of furan rings is 1. The molecule has 27 heavy (non-hydrogen) atoms. The van der Waals surface area contributed by atoms with Crippen LogP contribution in [0.2, 0.25) is 0 Å². The van der Waals surface area contributed by atoms with Crippen LogP contribution in [0.5, 0.6) is 17.4 Å². The van der Waals surface area contributed by atoms with Crippen LogP contribution in [0, 0.1) is 0 Å². The first-order valence-corrected chi connectivity index (χ1v) is 8.37. The normalized spacial score (nSPS) is 11.0. The van der Waals surface area contributed by atoms with Gasteiger partial charge in [-0.15, -0.1) is 0 Å². The highest BCUT2D eigenvalue weighted by Gasteiger charge is 2.25. The van der Waals surface area contributed by atoms with Gasteiger partial charge in [-0.05, 0) is 31.2 Å². The number of aromatic hydroxyl groups is 1. The molecule has 2 aromatic heterocycles. The van der Waals surface area contributed by atoms with Gasteiger partial charge >= 0.3 is 6.16 Å². The van der Waals surface area contributed by atoms with Crippen molar-refractivity contribution >= 4 is 28.2 Å². The molecule has 0 amide bonds. The lowest BCUT2D eigenvalue weighted by molar-refractivity contribution is 0.103. The Hall–Kier alpha value is -3.61. The molecule has 2 heterocycles. The number of phenols is 1. The summed E-state index contributed by atoms with van der Waals surface area (Å²) >= 11 is 0. The standard InChI is InChI=1S/C20H17NO6/c1-3-25-20(23)27-19-16(12-9-8-11(24-2)10-14(12)22)18-17(21-19)13-6-4-5-7-15(13)26-18/h4-10,21-22H,3H2,1-2H3. The van der Waals surface area contributed by atoms with Crippen molar-refractivity contribution in [3.8, 4) is 28.5 Å². The summed E-state index contributed by atoms with van der Waals surface area (Å²) < 4.78 is 21.3. The highest BCUT2D eigenvalue weighted by atomic mass is 16.7. The van der Waals surface area contributed by atoms with Crippen LogP contribution in [0.25, 0.3) is 33.2 Å². The van der Waals surface area contributed by atoms with Crippen molar-refractivity contribution in [2.24, 2.45) is 0 Å². The van der Waals surface area contributed by atoms with E-state index in [0.29, 0.717) is 33.6 Å². The van der Waals surface area contributed by atoms with E-state index in [1.165, 1.54) is 13.2 Å². The van der Waals surface area contributed by atoms with Gasteiger partial charge < -0.3 is 28.7 Å². The first-order valence-electron chi connectivity index (χ1n) is 8.37. The van der Waals surface area contributed by atoms with Crippen LogP contribution in [0.1, 0.15) is 6.92 Å². The monoisotopic (exact) mass is 367 g/mol. The number of aromatic amines is 1. The number of aromatic nitrogens is 1. The Bertz CT molecular complexity index is 1140. The molecule has 7 nitrogen and oxygen atoms in total. The molecule has 4 rings (SSSR count). The lowest BCUT2D eigenvalue weighted by Gasteiger charge is -2.08. The van der Waals surface area contributed by atoms with Crippen molar-refractivity contribution in [2.45, 2.75) is 6.92 Å². The fraction of sp³-hybridized carbons (Fsp3) is 0.150. The number of phenolic OH excluding ortho intramolecular Hbond substituents is 1. The SMILES string of the molecule is CCOC(=O)Oc1[nH]c2c(oc3ccccc32)c1-c1ccc(OC)cc1O. The first-order chi connectivity index (χ1) is 13.1. The second kappa shape index (κ2) is 6.60. The van der Waals surface area contributed by atoms with Crippen molar-refractivity contribution in [3.05, 3.63) is 42.5 Å². The molecule has 0 saturated heterocycles. The molecule has 0 unspecified atom stereocenters. The maximum atomic E-state index is 11.9. The minimum absolute atomic E-state index is 0.0376.